The zero-order valence-electron chi connectivity index (χ0n) is 30.8. The number of fused-ring (bicyclic) bond motifs is 1. The lowest BCUT2D eigenvalue weighted by Crippen LogP contribution is -2.42. The lowest BCUT2D eigenvalue weighted by molar-refractivity contribution is 0.0197. The molecule has 10 nitrogen and oxygen atoms in total. The highest BCUT2D eigenvalue weighted by Crippen LogP contribution is 2.37. The molecule has 2 saturated heterocycles. The number of benzene rings is 2. The largest absolute Gasteiger partial charge is 0.444 e. The van der Waals surface area contributed by atoms with Gasteiger partial charge in [-0.05, 0) is 101 Å². The van der Waals surface area contributed by atoms with Gasteiger partial charge < -0.3 is 24.3 Å². The van der Waals surface area contributed by atoms with Crippen LogP contribution in [0.3, 0.4) is 0 Å². The predicted octanol–water partition coefficient (Wildman–Crippen LogP) is 8.42. The van der Waals surface area contributed by atoms with Crippen molar-refractivity contribution in [1.82, 2.24) is 29.7 Å². The van der Waals surface area contributed by atoms with E-state index in [1.807, 2.05) is 58.7 Å². The van der Waals surface area contributed by atoms with Crippen LogP contribution < -0.4 is 0 Å². The van der Waals surface area contributed by atoms with Gasteiger partial charge in [-0.1, -0.05) is 44.9 Å². The summed E-state index contributed by atoms with van der Waals surface area (Å²) in [7, 11) is 0. The molecule has 0 aliphatic carbocycles. The first-order valence-corrected chi connectivity index (χ1v) is 17.7. The van der Waals surface area contributed by atoms with Crippen LogP contribution in [0.1, 0.15) is 110 Å². The van der Waals surface area contributed by atoms with E-state index >= 15 is 0 Å². The predicted molar refractivity (Wildman–Crippen MR) is 194 cm³/mol. The van der Waals surface area contributed by atoms with Gasteiger partial charge in [-0.25, -0.2) is 19.6 Å². The van der Waals surface area contributed by atoms with Crippen LogP contribution in [0.5, 0.6) is 0 Å². The smallest absolute Gasteiger partial charge is 0.410 e. The fourth-order valence-corrected chi connectivity index (χ4v) is 7.01. The molecule has 5 atom stereocenters. The summed E-state index contributed by atoms with van der Waals surface area (Å²) in [5.74, 6) is 8.86. The van der Waals surface area contributed by atoms with E-state index in [1.165, 1.54) is 0 Å². The minimum Gasteiger partial charge on any atom is -0.444 e. The molecule has 0 saturated carbocycles. The lowest BCUT2D eigenvalue weighted by Gasteiger charge is -2.31. The van der Waals surface area contributed by atoms with Crippen LogP contribution in [0.15, 0.2) is 48.8 Å². The van der Waals surface area contributed by atoms with E-state index in [0.717, 1.165) is 57.8 Å². The first-order valence-electron chi connectivity index (χ1n) is 17.7. The van der Waals surface area contributed by atoms with Crippen LogP contribution in [0.25, 0.3) is 22.0 Å². The zero-order chi connectivity index (χ0) is 36.0. The Morgan fingerprint density at radius 2 is 1.46 bits per heavy atom. The maximum atomic E-state index is 13.0. The van der Waals surface area contributed by atoms with Crippen molar-refractivity contribution < 1.29 is 19.1 Å². The van der Waals surface area contributed by atoms with Gasteiger partial charge in [-0.15, -0.1) is 0 Å². The highest BCUT2D eigenvalue weighted by molar-refractivity contribution is 5.88. The van der Waals surface area contributed by atoms with Crippen molar-refractivity contribution in [3.63, 3.8) is 0 Å². The number of amides is 2. The van der Waals surface area contributed by atoms with Crippen molar-refractivity contribution >= 4 is 23.0 Å². The number of aromatic nitrogens is 4. The first-order chi connectivity index (χ1) is 23.5. The van der Waals surface area contributed by atoms with Crippen molar-refractivity contribution in [2.75, 3.05) is 13.1 Å². The molecule has 2 amide bonds. The Morgan fingerprint density at radius 3 is 2.18 bits per heavy atom. The number of rotatable bonds is 4. The van der Waals surface area contributed by atoms with E-state index in [2.05, 4.69) is 77.9 Å². The van der Waals surface area contributed by atoms with Crippen molar-refractivity contribution in [3.8, 4) is 23.1 Å². The summed E-state index contributed by atoms with van der Waals surface area (Å²) >= 11 is 0. The number of nitrogens with one attached hydrogen (secondary N) is 2. The van der Waals surface area contributed by atoms with E-state index in [4.69, 9.17) is 14.5 Å². The Balaban J connectivity index is 1.14. The highest BCUT2D eigenvalue weighted by Gasteiger charge is 2.40. The average Bonchev–Trinajstić information content (AvgIpc) is 3.84. The summed E-state index contributed by atoms with van der Waals surface area (Å²) in [6.45, 7) is 19.1. The number of H-pyrrole nitrogens is 2. The lowest BCUT2D eigenvalue weighted by atomic mass is 9.96. The van der Waals surface area contributed by atoms with Gasteiger partial charge in [-0.3, -0.25) is 4.90 Å². The molecule has 10 heteroatoms. The van der Waals surface area contributed by atoms with E-state index in [-0.39, 0.29) is 30.2 Å². The molecule has 6 rings (SSSR count). The zero-order valence-corrected chi connectivity index (χ0v) is 30.8. The van der Waals surface area contributed by atoms with Crippen LogP contribution in [0, 0.1) is 23.7 Å². The number of imidazole rings is 2. The standard InChI is InChI=1S/C40H50N6O4/c1-24-16-33(45(22-24)37(47)49-39(4,5)6)26(3)35-41-20-31(43-35)15-11-27-10-12-29-19-30(14-13-28(29)18-27)32-21-42-36(44-32)34-17-25(2)23-46(34)38(48)50-40(7,8)9/h10,12-14,18-21,24-26,33-34H,16-17,22-23H2,1-9H3,(H,41,43)(H,42,44)/t24-,25+,26-,33+,34+/m1/s1. The van der Waals surface area contributed by atoms with Crippen LogP contribution in [-0.4, -0.2) is 72.3 Å². The van der Waals surface area contributed by atoms with Gasteiger partial charge in [0.2, 0.25) is 0 Å². The number of aromatic amines is 2. The van der Waals surface area contributed by atoms with Gasteiger partial charge in [-0.2, -0.15) is 0 Å². The molecular formula is C40H50N6O4. The van der Waals surface area contributed by atoms with Crippen molar-refractivity contribution in [2.24, 2.45) is 11.8 Å². The van der Waals surface area contributed by atoms with Gasteiger partial charge in [0, 0.05) is 36.2 Å². The maximum absolute atomic E-state index is 13.0. The summed E-state index contributed by atoms with van der Waals surface area (Å²) in [6.07, 6.45) is 4.76. The van der Waals surface area contributed by atoms with Crippen LogP contribution in [-0.2, 0) is 9.47 Å². The van der Waals surface area contributed by atoms with Crippen molar-refractivity contribution in [3.05, 3.63) is 71.7 Å². The molecule has 2 aromatic carbocycles. The summed E-state index contributed by atoms with van der Waals surface area (Å²) < 4.78 is 11.4. The van der Waals surface area contributed by atoms with Crippen molar-refractivity contribution in [1.29, 1.82) is 0 Å². The summed E-state index contributed by atoms with van der Waals surface area (Å²) in [5.41, 5.74) is 2.46. The number of nitrogens with zero attached hydrogens (tertiary/aromatic N) is 4. The highest BCUT2D eigenvalue weighted by atomic mass is 16.6. The van der Waals surface area contributed by atoms with Gasteiger partial charge in [0.15, 0.2) is 0 Å². The van der Waals surface area contributed by atoms with E-state index in [9.17, 15) is 9.59 Å². The molecule has 2 aliphatic heterocycles. The third-order valence-electron chi connectivity index (χ3n) is 9.33. The van der Waals surface area contributed by atoms with E-state index in [1.54, 1.807) is 11.1 Å². The number of ether oxygens (including phenoxy) is 2. The quantitative estimate of drug-likeness (QED) is 0.209. The topological polar surface area (TPSA) is 116 Å². The van der Waals surface area contributed by atoms with Gasteiger partial charge in [0.25, 0.3) is 0 Å². The Kier molecular flexibility index (Phi) is 9.47. The molecule has 2 N–H and O–H groups in total. The van der Waals surface area contributed by atoms with Gasteiger partial charge in [0.05, 0.1) is 24.1 Å². The number of hydrogen-bond acceptors (Lipinski definition) is 6. The Labute approximate surface area is 295 Å². The average molecular weight is 679 g/mol. The maximum Gasteiger partial charge on any atom is 0.410 e. The molecule has 50 heavy (non-hydrogen) atoms. The summed E-state index contributed by atoms with van der Waals surface area (Å²) in [6, 6.07) is 12.3. The normalized spacial score (nSPS) is 21.6. The summed E-state index contributed by atoms with van der Waals surface area (Å²) in [4.78, 5) is 45.8. The fraction of sp³-hybridized carbons (Fsp3) is 0.500. The summed E-state index contributed by atoms with van der Waals surface area (Å²) in [5, 5.41) is 2.17. The molecule has 0 spiro atoms. The Hall–Kier alpha value is -4.78. The fourth-order valence-electron chi connectivity index (χ4n) is 7.01. The molecule has 0 radical (unpaired) electrons. The second kappa shape index (κ2) is 13.5. The number of carbonyl (C=O) groups excluding carboxylic acids is 2. The molecule has 2 aromatic heterocycles. The second-order valence-electron chi connectivity index (χ2n) is 16.2. The number of likely N-dealkylation sites (tertiary alicyclic amines) is 2. The Bertz CT molecular complexity index is 1940. The van der Waals surface area contributed by atoms with Gasteiger partial charge in [0.1, 0.15) is 28.5 Å². The second-order valence-corrected chi connectivity index (χ2v) is 16.2. The van der Waals surface area contributed by atoms with Crippen LogP contribution >= 0.6 is 0 Å². The molecule has 0 bridgehead atoms. The third-order valence-corrected chi connectivity index (χ3v) is 9.33. The monoisotopic (exact) mass is 678 g/mol. The minimum absolute atomic E-state index is 0.00358. The molecule has 264 valence electrons. The van der Waals surface area contributed by atoms with Crippen LogP contribution in [0.2, 0.25) is 0 Å². The first kappa shape index (κ1) is 35.1. The van der Waals surface area contributed by atoms with E-state index < -0.39 is 11.2 Å². The molecule has 2 aliphatic rings. The van der Waals surface area contributed by atoms with Crippen molar-refractivity contribution in [2.45, 2.75) is 104 Å². The molecule has 0 unspecified atom stereocenters. The number of carbonyl (C=O) groups is 2. The third kappa shape index (κ3) is 7.99. The van der Waals surface area contributed by atoms with Crippen LogP contribution in [0.4, 0.5) is 9.59 Å². The molecule has 4 aromatic rings. The van der Waals surface area contributed by atoms with Gasteiger partial charge >= 0.3 is 12.2 Å². The molecular weight excluding hydrogens is 628 g/mol. The molecule has 2 fully saturated rings. The Morgan fingerprint density at radius 1 is 0.820 bits per heavy atom. The number of hydrogen-bond donors (Lipinski definition) is 2. The SMILES string of the molecule is C[C@@H]1C[C@@H]([C@@H](C)c2ncc(C#Cc3ccc4cc(-c5cnc([C@@H]6C[C@H](C)CN6C(=O)OC(C)(C)C)[nH]5)ccc4c3)[nH]2)N(C(=O)OC(C)(C)C)C1. The molecule has 4 heterocycles. The van der Waals surface area contributed by atoms with E-state index in [0.29, 0.717) is 24.9 Å². The minimum atomic E-state index is -0.554.